The maximum Gasteiger partial charge on any atom is 0.246 e. The molecule has 0 aromatic carbocycles. The molecule has 6 nitrogen and oxygen atoms in total. The Bertz CT molecular complexity index is 354. The van der Waals surface area contributed by atoms with E-state index < -0.39 is 12.1 Å². The van der Waals surface area contributed by atoms with Crippen LogP contribution in [0.1, 0.15) is 26.7 Å². The maximum absolute atomic E-state index is 12.0. The lowest BCUT2D eigenvalue weighted by molar-refractivity contribution is -0.138. The molecular formula is C12H21N3O3. The molecule has 1 aliphatic heterocycles. The van der Waals surface area contributed by atoms with Crippen molar-refractivity contribution in [2.45, 2.75) is 38.8 Å². The molecule has 0 aromatic rings. The van der Waals surface area contributed by atoms with Crippen molar-refractivity contribution in [2.75, 3.05) is 20.6 Å². The average molecular weight is 255 g/mol. The predicted octanol–water partition coefficient (Wildman–Crippen LogP) is -0.410. The SMILES string of the molecule is CCCN1C(=O)CC(NC(C)C(=O)N(C)C)C1=O. The van der Waals surface area contributed by atoms with Crippen LogP contribution in [0.25, 0.3) is 0 Å². The van der Waals surface area contributed by atoms with Crippen LogP contribution in [0, 0.1) is 0 Å². The van der Waals surface area contributed by atoms with Crippen molar-refractivity contribution in [1.29, 1.82) is 0 Å². The van der Waals surface area contributed by atoms with E-state index in [0.29, 0.717) is 6.54 Å². The standard InChI is InChI=1S/C12H21N3O3/c1-5-6-15-10(16)7-9(12(15)18)13-8(2)11(17)14(3)4/h8-9,13H,5-7H2,1-4H3. The average Bonchev–Trinajstić information content (AvgIpc) is 2.56. The Morgan fingerprint density at radius 1 is 1.50 bits per heavy atom. The molecule has 1 rings (SSSR count). The Hall–Kier alpha value is -1.43. The first-order valence-electron chi connectivity index (χ1n) is 6.19. The first-order valence-corrected chi connectivity index (χ1v) is 6.19. The van der Waals surface area contributed by atoms with Gasteiger partial charge in [-0.2, -0.15) is 0 Å². The van der Waals surface area contributed by atoms with E-state index in [9.17, 15) is 14.4 Å². The van der Waals surface area contributed by atoms with Gasteiger partial charge >= 0.3 is 0 Å². The van der Waals surface area contributed by atoms with Gasteiger partial charge in [0.2, 0.25) is 17.7 Å². The third-order valence-electron chi connectivity index (χ3n) is 2.95. The Kier molecular flexibility index (Phi) is 4.84. The number of hydrogen-bond acceptors (Lipinski definition) is 4. The molecule has 6 heteroatoms. The van der Waals surface area contributed by atoms with Crippen LogP contribution in [0.5, 0.6) is 0 Å². The highest BCUT2D eigenvalue weighted by molar-refractivity contribution is 6.05. The van der Waals surface area contributed by atoms with Crippen LogP contribution >= 0.6 is 0 Å². The van der Waals surface area contributed by atoms with E-state index in [4.69, 9.17) is 0 Å². The van der Waals surface area contributed by atoms with Crippen molar-refractivity contribution in [3.05, 3.63) is 0 Å². The van der Waals surface area contributed by atoms with E-state index in [0.717, 1.165) is 6.42 Å². The molecule has 0 radical (unpaired) electrons. The van der Waals surface area contributed by atoms with Crippen molar-refractivity contribution in [3.63, 3.8) is 0 Å². The van der Waals surface area contributed by atoms with E-state index in [1.54, 1.807) is 21.0 Å². The zero-order valence-corrected chi connectivity index (χ0v) is 11.4. The molecule has 1 heterocycles. The lowest BCUT2D eigenvalue weighted by Gasteiger charge is -2.21. The van der Waals surface area contributed by atoms with Crippen LogP contribution < -0.4 is 5.32 Å². The van der Waals surface area contributed by atoms with E-state index in [-0.39, 0.29) is 24.1 Å². The summed E-state index contributed by atoms with van der Waals surface area (Å²) in [7, 11) is 3.32. The number of amides is 3. The molecule has 2 unspecified atom stereocenters. The Labute approximate surface area is 107 Å². The molecular weight excluding hydrogens is 234 g/mol. The van der Waals surface area contributed by atoms with Crippen LogP contribution in [-0.2, 0) is 14.4 Å². The topological polar surface area (TPSA) is 69.7 Å². The molecule has 0 spiro atoms. The summed E-state index contributed by atoms with van der Waals surface area (Å²) in [6.45, 7) is 4.06. The van der Waals surface area contributed by atoms with E-state index in [2.05, 4.69) is 5.32 Å². The van der Waals surface area contributed by atoms with Gasteiger partial charge in [-0.25, -0.2) is 0 Å². The van der Waals surface area contributed by atoms with Crippen molar-refractivity contribution in [2.24, 2.45) is 0 Å². The molecule has 1 N–H and O–H groups in total. The molecule has 3 amide bonds. The summed E-state index contributed by atoms with van der Waals surface area (Å²) in [4.78, 5) is 38.0. The summed E-state index contributed by atoms with van der Waals surface area (Å²) in [5.41, 5.74) is 0. The molecule has 0 aromatic heterocycles. The Balaban J connectivity index is 2.62. The molecule has 102 valence electrons. The predicted molar refractivity (Wildman–Crippen MR) is 66.7 cm³/mol. The first kappa shape index (κ1) is 14.6. The van der Waals surface area contributed by atoms with Crippen LogP contribution in [0.2, 0.25) is 0 Å². The van der Waals surface area contributed by atoms with Gasteiger partial charge in [0.05, 0.1) is 18.5 Å². The third-order valence-corrected chi connectivity index (χ3v) is 2.95. The van der Waals surface area contributed by atoms with E-state index in [1.807, 2.05) is 6.92 Å². The molecule has 1 aliphatic rings. The Morgan fingerprint density at radius 3 is 2.61 bits per heavy atom. The number of imide groups is 1. The summed E-state index contributed by atoms with van der Waals surface area (Å²) in [5, 5.41) is 2.93. The minimum atomic E-state index is -0.567. The fourth-order valence-corrected chi connectivity index (χ4v) is 2.03. The van der Waals surface area contributed by atoms with Crippen LogP contribution in [0.4, 0.5) is 0 Å². The minimum absolute atomic E-state index is 0.107. The zero-order valence-electron chi connectivity index (χ0n) is 11.4. The number of likely N-dealkylation sites (N-methyl/N-ethyl adjacent to an activating group) is 1. The molecule has 2 atom stereocenters. The van der Waals surface area contributed by atoms with Gasteiger partial charge in [0.15, 0.2) is 0 Å². The monoisotopic (exact) mass is 255 g/mol. The molecule has 0 saturated carbocycles. The quantitative estimate of drug-likeness (QED) is 0.678. The molecule has 1 saturated heterocycles. The van der Waals surface area contributed by atoms with Gasteiger partial charge in [-0.05, 0) is 13.3 Å². The second-order valence-electron chi connectivity index (χ2n) is 4.76. The van der Waals surface area contributed by atoms with Gasteiger partial charge in [0, 0.05) is 20.6 Å². The summed E-state index contributed by atoms with van der Waals surface area (Å²) in [6, 6.07) is -1.04. The lowest BCUT2D eigenvalue weighted by Crippen LogP contribution is -2.49. The number of carbonyl (C=O) groups excluding carboxylic acids is 3. The zero-order chi connectivity index (χ0) is 13.9. The van der Waals surface area contributed by atoms with Crippen molar-refractivity contribution in [3.8, 4) is 0 Å². The van der Waals surface area contributed by atoms with E-state index >= 15 is 0 Å². The first-order chi connectivity index (χ1) is 8.38. The summed E-state index contributed by atoms with van der Waals surface area (Å²) in [5.74, 6) is -0.492. The molecule has 18 heavy (non-hydrogen) atoms. The maximum atomic E-state index is 12.0. The van der Waals surface area contributed by atoms with Gasteiger partial charge in [-0.3, -0.25) is 24.6 Å². The van der Waals surface area contributed by atoms with Gasteiger partial charge in [0.25, 0.3) is 0 Å². The second-order valence-corrected chi connectivity index (χ2v) is 4.76. The van der Waals surface area contributed by atoms with Gasteiger partial charge < -0.3 is 4.90 Å². The number of hydrogen-bond donors (Lipinski definition) is 1. The van der Waals surface area contributed by atoms with Crippen LogP contribution in [0.15, 0.2) is 0 Å². The molecule has 1 fully saturated rings. The van der Waals surface area contributed by atoms with Gasteiger partial charge in [-0.1, -0.05) is 6.92 Å². The van der Waals surface area contributed by atoms with Crippen LogP contribution in [0.3, 0.4) is 0 Å². The Morgan fingerprint density at radius 2 is 2.11 bits per heavy atom. The molecule has 0 bridgehead atoms. The van der Waals surface area contributed by atoms with Crippen LogP contribution in [-0.4, -0.2) is 60.2 Å². The van der Waals surface area contributed by atoms with E-state index in [1.165, 1.54) is 9.80 Å². The second kappa shape index (κ2) is 5.95. The minimum Gasteiger partial charge on any atom is -0.347 e. The van der Waals surface area contributed by atoms with Gasteiger partial charge in [0.1, 0.15) is 0 Å². The highest BCUT2D eigenvalue weighted by Crippen LogP contribution is 2.14. The summed E-state index contributed by atoms with van der Waals surface area (Å²) >= 11 is 0. The summed E-state index contributed by atoms with van der Waals surface area (Å²) < 4.78 is 0. The van der Waals surface area contributed by atoms with Crippen molar-refractivity contribution >= 4 is 17.7 Å². The highest BCUT2D eigenvalue weighted by Gasteiger charge is 2.39. The normalized spacial score (nSPS) is 21.3. The largest absolute Gasteiger partial charge is 0.347 e. The smallest absolute Gasteiger partial charge is 0.246 e. The fraction of sp³-hybridized carbons (Fsp3) is 0.750. The number of carbonyl (C=O) groups is 3. The number of nitrogens with one attached hydrogen (secondary N) is 1. The fourth-order valence-electron chi connectivity index (χ4n) is 2.03. The third kappa shape index (κ3) is 3.07. The molecule has 0 aliphatic carbocycles. The van der Waals surface area contributed by atoms with Crippen molar-refractivity contribution in [1.82, 2.24) is 15.1 Å². The number of likely N-dealkylation sites (tertiary alicyclic amines) is 1. The lowest BCUT2D eigenvalue weighted by atomic mass is 10.2. The number of rotatable bonds is 5. The highest BCUT2D eigenvalue weighted by atomic mass is 16.2. The van der Waals surface area contributed by atoms with Crippen molar-refractivity contribution < 1.29 is 14.4 Å². The number of nitrogens with zero attached hydrogens (tertiary/aromatic N) is 2. The summed E-state index contributed by atoms with van der Waals surface area (Å²) in [6.07, 6.45) is 0.889. The van der Waals surface area contributed by atoms with Gasteiger partial charge in [-0.15, -0.1) is 0 Å².